The number of nitro benzene ring substituents is 1. The lowest BCUT2D eigenvalue weighted by atomic mass is 10.1. The first kappa shape index (κ1) is 16.2. The quantitative estimate of drug-likeness (QED) is 0.471. The second-order valence-corrected chi connectivity index (χ2v) is 3.93. The molecule has 2 N–H and O–H groups in total. The predicted molar refractivity (Wildman–Crippen MR) is 66.7 cm³/mol. The molecule has 1 rings (SSSR count). The molecule has 0 heterocycles. The summed E-state index contributed by atoms with van der Waals surface area (Å²) in [4.78, 5) is 31.9. The molecule has 0 aromatic heterocycles. The van der Waals surface area contributed by atoms with Crippen molar-refractivity contribution in [2.24, 2.45) is 0 Å². The van der Waals surface area contributed by atoms with Crippen molar-refractivity contribution in [2.75, 3.05) is 0 Å². The van der Waals surface area contributed by atoms with Crippen LogP contribution in [0.3, 0.4) is 0 Å². The van der Waals surface area contributed by atoms with E-state index in [1.165, 1.54) is 6.08 Å². The van der Waals surface area contributed by atoms with Crippen LogP contribution in [-0.2, 0) is 4.79 Å². The van der Waals surface area contributed by atoms with Crippen LogP contribution in [0.1, 0.15) is 16.8 Å². The van der Waals surface area contributed by atoms with E-state index >= 15 is 0 Å². The summed E-state index contributed by atoms with van der Waals surface area (Å²) in [5.74, 6) is -5.41. The molecule has 1 amide bonds. The minimum Gasteiger partial charge on any atom is -0.480 e. The molecule has 1 aromatic carbocycles. The van der Waals surface area contributed by atoms with Crippen molar-refractivity contribution < 1.29 is 28.4 Å². The Morgan fingerprint density at radius 3 is 2.57 bits per heavy atom. The third-order valence-electron chi connectivity index (χ3n) is 2.47. The number of aliphatic carboxylic acids is 1. The summed E-state index contributed by atoms with van der Waals surface area (Å²) in [6, 6.07) is -0.633. The van der Waals surface area contributed by atoms with Crippen LogP contribution in [-0.4, -0.2) is 27.9 Å². The summed E-state index contributed by atoms with van der Waals surface area (Å²) in [5.41, 5.74) is -2.16. The molecule has 0 spiro atoms. The maximum Gasteiger partial charge on any atom is 0.326 e. The Kier molecular flexibility index (Phi) is 5.06. The van der Waals surface area contributed by atoms with Gasteiger partial charge in [0.15, 0.2) is 0 Å². The predicted octanol–water partition coefficient (Wildman–Crippen LogP) is 1.63. The van der Waals surface area contributed by atoms with Gasteiger partial charge in [-0.1, -0.05) is 6.08 Å². The lowest BCUT2D eigenvalue weighted by Gasteiger charge is -2.12. The van der Waals surface area contributed by atoms with Gasteiger partial charge in [0, 0.05) is 0 Å². The number of nitrogens with one attached hydrogen (secondary N) is 1. The highest BCUT2D eigenvalue weighted by Gasteiger charge is 2.27. The largest absolute Gasteiger partial charge is 0.480 e. The van der Waals surface area contributed by atoms with E-state index in [0.717, 1.165) is 0 Å². The molecule has 1 aromatic rings. The highest BCUT2D eigenvalue weighted by Crippen LogP contribution is 2.22. The molecule has 0 radical (unpaired) electrons. The number of carboxylic acid groups (broad SMARTS) is 1. The van der Waals surface area contributed by atoms with Crippen LogP contribution in [0.2, 0.25) is 0 Å². The fourth-order valence-electron chi connectivity index (χ4n) is 1.50. The number of amides is 1. The Balaban J connectivity index is 3.15. The number of nitro groups is 1. The molecule has 7 nitrogen and oxygen atoms in total. The Morgan fingerprint density at radius 1 is 1.48 bits per heavy atom. The smallest absolute Gasteiger partial charge is 0.326 e. The summed E-state index contributed by atoms with van der Waals surface area (Å²) >= 11 is 0. The van der Waals surface area contributed by atoms with Crippen molar-refractivity contribution >= 4 is 17.6 Å². The first-order valence-corrected chi connectivity index (χ1v) is 5.56. The molecule has 0 aliphatic carbocycles. The normalized spacial score (nSPS) is 11.5. The van der Waals surface area contributed by atoms with E-state index < -0.39 is 45.7 Å². The Morgan fingerprint density at radius 2 is 2.10 bits per heavy atom. The number of carbonyl (C=O) groups is 2. The molecule has 0 bridgehead atoms. The fourth-order valence-corrected chi connectivity index (χ4v) is 1.50. The third kappa shape index (κ3) is 3.81. The third-order valence-corrected chi connectivity index (χ3v) is 2.47. The summed E-state index contributed by atoms with van der Waals surface area (Å²) in [5, 5.41) is 21.3. The molecular formula is C12H10F2N2O5. The molecule has 21 heavy (non-hydrogen) atoms. The summed E-state index contributed by atoms with van der Waals surface area (Å²) in [6.07, 6.45) is 1.06. The van der Waals surface area contributed by atoms with Gasteiger partial charge in [-0.2, -0.15) is 4.39 Å². The van der Waals surface area contributed by atoms with Gasteiger partial charge in [0.1, 0.15) is 11.9 Å². The highest BCUT2D eigenvalue weighted by atomic mass is 19.1. The number of halogens is 2. The summed E-state index contributed by atoms with van der Waals surface area (Å²) < 4.78 is 26.9. The topological polar surface area (TPSA) is 110 Å². The van der Waals surface area contributed by atoms with E-state index in [1.807, 2.05) is 5.32 Å². The van der Waals surface area contributed by atoms with E-state index in [-0.39, 0.29) is 6.42 Å². The summed E-state index contributed by atoms with van der Waals surface area (Å²) in [6.45, 7) is 3.29. The van der Waals surface area contributed by atoms with E-state index in [9.17, 15) is 28.5 Å². The molecule has 1 unspecified atom stereocenters. The minimum atomic E-state index is -1.54. The van der Waals surface area contributed by atoms with Gasteiger partial charge in [-0.3, -0.25) is 14.9 Å². The van der Waals surface area contributed by atoms with Crippen molar-refractivity contribution in [3.05, 3.63) is 52.1 Å². The number of benzene rings is 1. The van der Waals surface area contributed by atoms with Crippen molar-refractivity contribution in [3.63, 3.8) is 0 Å². The molecule has 9 heteroatoms. The molecule has 0 aliphatic rings. The fraction of sp³-hybridized carbons (Fsp3) is 0.167. The summed E-state index contributed by atoms with van der Waals surface area (Å²) in [7, 11) is 0. The molecule has 112 valence electrons. The number of carbonyl (C=O) groups excluding carboxylic acids is 1. The lowest BCUT2D eigenvalue weighted by Crippen LogP contribution is -2.40. The van der Waals surface area contributed by atoms with Gasteiger partial charge < -0.3 is 10.4 Å². The zero-order chi connectivity index (χ0) is 16.2. The van der Waals surface area contributed by atoms with E-state index in [0.29, 0.717) is 12.1 Å². The Hall–Kier alpha value is -2.84. The molecule has 0 saturated heterocycles. The van der Waals surface area contributed by atoms with Crippen LogP contribution < -0.4 is 5.32 Å². The van der Waals surface area contributed by atoms with Crippen LogP contribution in [0, 0.1) is 21.7 Å². The van der Waals surface area contributed by atoms with Crippen LogP contribution in [0.4, 0.5) is 14.5 Å². The minimum absolute atomic E-state index is 0.153. The van der Waals surface area contributed by atoms with Gasteiger partial charge in [0.05, 0.1) is 16.6 Å². The number of rotatable bonds is 6. The maximum atomic E-state index is 13.8. The van der Waals surface area contributed by atoms with Gasteiger partial charge in [0.25, 0.3) is 5.91 Å². The molecular weight excluding hydrogens is 290 g/mol. The van der Waals surface area contributed by atoms with Crippen molar-refractivity contribution in [1.29, 1.82) is 0 Å². The van der Waals surface area contributed by atoms with Gasteiger partial charge in [-0.05, 0) is 12.5 Å². The SMILES string of the molecule is C=CCC(NC(=O)c1cc(F)cc([N+](=O)[O-])c1F)C(=O)O. The Labute approximate surface area is 117 Å². The standard InChI is InChI=1S/C12H10F2N2O5/c1-2-3-8(12(18)19)15-11(17)7-4-6(13)5-9(10(7)14)16(20)21/h2,4-5,8H,1,3H2,(H,15,17)(H,18,19). The van der Waals surface area contributed by atoms with Crippen LogP contribution in [0.25, 0.3) is 0 Å². The molecule has 0 saturated carbocycles. The maximum absolute atomic E-state index is 13.8. The average Bonchev–Trinajstić information content (AvgIpc) is 2.39. The van der Waals surface area contributed by atoms with E-state index in [1.54, 1.807) is 0 Å². The van der Waals surface area contributed by atoms with Gasteiger partial charge >= 0.3 is 11.7 Å². The molecule has 0 aliphatic heterocycles. The van der Waals surface area contributed by atoms with Crippen molar-refractivity contribution in [3.8, 4) is 0 Å². The zero-order valence-corrected chi connectivity index (χ0v) is 10.5. The van der Waals surface area contributed by atoms with Crippen molar-refractivity contribution in [2.45, 2.75) is 12.5 Å². The van der Waals surface area contributed by atoms with Crippen LogP contribution in [0.15, 0.2) is 24.8 Å². The Bertz CT molecular complexity index is 618. The number of hydrogen-bond acceptors (Lipinski definition) is 4. The average molecular weight is 300 g/mol. The van der Waals surface area contributed by atoms with E-state index in [4.69, 9.17) is 5.11 Å². The number of carboxylic acids is 1. The van der Waals surface area contributed by atoms with Crippen LogP contribution >= 0.6 is 0 Å². The van der Waals surface area contributed by atoms with Crippen molar-refractivity contribution in [1.82, 2.24) is 5.32 Å². The molecule has 1 atom stereocenters. The van der Waals surface area contributed by atoms with E-state index in [2.05, 4.69) is 6.58 Å². The first-order chi connectivity index (χ1) is 9.77. The van der Waals surface area contributed by atoms with Gasteiger partial charge in [-0.25, -0.2) is 9.18 Å². The van der Waals surface area contributed by atoms with Gasteiger partial charge in [-0.15, -0.1) is 6.58 Å². The monoisotopic (exact) mass is 300 g/mol. The highest BCUT2D eigenvalue weighted by molar-refractivity contribution is 5.97. The number of nitrogens with zero attached hydrogens (tertiary/aromatic N) is 1. The van der Waals surface area contributed by atoms with Crippen LogP contribution in [0.5, 0.6) is 0 Å². The van der Waals surface area contributed by atoms with Gasteiger partial charge in [0.2, 0.25) is 5.82 Å². The number of hydrogen-bond donors (Lipinski definition) is 2. The first-order valence-electron chi connectivity index (χ1n) is 5.56. The lowest BCUT2D eigenvalue weighted by molar-refractivity contribution is -0.387. The second-order valence-electron chi connectivity index (χ2n) is 3.93. The zero-order valence-electron chi connectivity index (χ0n) is 10.5. The second kappa shape index (κ2) is 6.55. The molecule has 0 fully saturated rings.